The van der Waals surface area contributed by atoms with Gasteiger partial charge in [0.2, 0.25) is 5.96 Å². The van der Waals surface area contributed by atoms with Gasteiger partial charge in [-0.1, -0.05) is 0 Å². The zero-order valence-electron chi connectivity index (χ0n) is 10.7. The summed E-state index contributed by atoms with van der Waals surface area (Å²) in [6, 6.07) is 0. The molecule has 1 heterocycles. The molecule has 1 unspecified atom stereocenters. The first-order valence-electron chi connectivity index (χ1n) is 6.05. The first-order valence-corrected chi connectivity index (χ1v) is 7.77. The van der Waals surface area contributed by atoms with Crippen molar-refractivity contribution in [3.8, 4) is 0 Å². The van der Waals surface area contributed by atoms with Crippen molar-refractivity contribution in [3.63, 3.8) is 0 Å². The third kappa shape index (κ3) is 4.79. The molecule has 1 aliphatic rings. The Hall–Kier alpha value is -0.860. The van der Waals surface area contributed by atoms with Gasteiger partial charge in [-0.3, -0.25) is 10.4 Å². The lowest BCUT2D eigenvalue weighted by atomic mass is 10.2. The number of hydrogen-bond acceptors (Lipinski definition) is 5. The maximum absolute atomic E-state index is 11.6. The Kier molecular flexibility index (Phi) is 6.37. The Morgan fingerprint density at radius 1 is 1.56 bits per heavy atom. The van der Waals surface area contributed by atoms with Crippen molar-refractivity contribution >= 4 is 15.8 Å². The molecule has 8 heteroatoms. The van der Waals surface area contributed by atoms with Crippen LogP contribution in [-0.2, 0) is 14.6 Å². The number of guanidine groups is 1. The Labute approximate surface area is 108 Å². The molecule has 1 aliphatic heterocycles. The minimum absolute atomic E-state index is 0.263. The van der Waals surface area contributed by atoms with E-state index in [0.29, 0.717) is 25.5 Å². The summed E-state index contributed by atoms with van der Waals surface area (Å²) in [6.07, 6.45) is 2.25. The van der Waals surface area contributed by atoms with Crippen molar-refractivity contribution in [2.75, 3.05) is 32.6 Å². The van der Waals surface area contributed by atoms with Gasteiger partial charge >= 0.3 is 0 Å². The Morgan fingerprint density at radius 2 is 2.33 bits per heavy atom. The molecule has 1 saturated heterocycles. The lowest BCUT2D eigenvalue weighted by Gasteiger charge is -2.10. The largest absolute Gasteiger partial charge is 0.385 e. The van der Waals surface area contributed by atoms with E-state index in [0.717, 1.165) is 12.8 Å². The monoisotopic (exact) mass is 278 g/mol. The molecule has 0 aliphatic carbocycles. The smallest absolute Gasteiger partial charge is 0.205 e. The minimum Gasteiger partial charge on any atom is -0.385 e. The molecule has 0 bridgehead atoms. The van der Waals surface area contributed by atoms with Crippen molar-refractivity contribution in [3.05, 3.63) is 0 Å². The Balaban J connectivity index is 2.38. The highest BCUT2D eigenvalue weighted by atomic mass is 32.2. The van der Waals surface area contributed by atoms with Crippen LogP contribution in [0.1, 0.15) is 19.3 Å². The molecule has 106 valence electrons. The molecule has 0 aromatic heterocycles. The van der Waals surface area contributed by atoms with E-state index in [1.54, 1.807) is 7.11 Å². The van der Waals surface area contributed by atoms with Gasteiger partial charge in [-0.05, 0) is 19.3 Å². The van der Waals surface area contributed by atoms with Gasteiger partial charge in [-0.2, -0.15) is 0 Å². The lowest BCUT2D eigenvalue weighted by molar-refractivity contribution is 0.195. The van der Waals surface area contributed by atoms with E-state index in [1.165, 1.54) is 0 Å². The second kappa shape index (κ2) is 7.55. The summed E-state index contributed by atoms with van der Waals surface area (Å²) in [4.78, 5) is 4.17. The van der Waals surface area contributed by atoms with Crippen LogP contribution in [0.25, 0.3) is 0 Å². The Bertz CT molecular complexity index is 369. The lowest BCUT2D eigenvalue weighted by Crippen LogP contribution is -2.42. The molecule has 0 spiro atoms. The number of nitrogens with zero attached hydrogens (tertiary/aromatic N) is 1. The molecular weight excluding hydrogens is 256 g/mol. The van der Waals surface area contributed by atoms with E-state index in [-0.39, 0.29) is 17.5 Å². The second-order valence-corrected chi connectivity index (χ2v) is 6.64. The van der Waals surface area contributed by atoms with E-state index >= 15 is 0 Å². The SMILES string of the molecule is COCCCNC(=NCC1CCCS1(=O)=O)NN. The molecular formula is C10H22N4O3S. The first kappa shape index (κ1) is 15.2. The second-order valence-electron chi connectivity index (χ2n) is 4.24. The number of ether oxygens (including phenoxy) is 1. The zero-order valence-corrected chi connectivity index (χ0v) is 11.5. The summed E-state index contributed by atoms with van der Waals surface area (Å²) in [7, 11) is -1.30. The molecule has 0 saturated carbocycles. The predicted molar refractivity (Wildman–Crippen MR) is 70.9 cm³/mol. The number of rotatable bonds is 6. The summed E-state index contributed by atoms with van der Waals surface area (Å²) < 4.78 is 28.1. The number of hydrogen-bond donors (Lipinski definition) is 3. The molecule has 1 fully saturated rings. The van der Waals surface area contributed by atoms with Gasteiger partial charge in [0.25, 0.3) is 0 Å². The van der Waals surface area contributed by atoms with Gasteiger partial charge in [0, 0.05) is 20.3 Å². The quantitative estimate of drug-likeness (QED) is 0.189. The molecule has 4 N–H and O–H groups in total. The van der Waals surface area contributed by atoms with Crippen molar-refractivity contribution in [2.24, 2.45) is 10.8 Å². The third-order valence-corrected chi connectivity index (χ3v) is 5.13. The van der Waals surface area contributed by atoms with E-state index < -0.39 is 9.84 Å². The number of nitrogens with two attached hydrogens (primary N) is 1. The van der Waals surface area contributed by atoms with Gasteiger partial charge in [-0.25, -0.2) is 14.3 Å². The summed E-state index contributed by atoms with van der Waals surface area (Å²) in [5, 5.41) is 2.63. The number of hydrazine groups is 1. The van der Waals surface area contributed by atoms with Gasteiger partial charge in [0.1, 0.15) is 0 Å². The van der Waals surface area contributed by atoms with Crippen LogP contribution in [0.3, 0.4) is 0 Å². The average molecular weight is 278 g/mol. The third-order valence-electron chi connectivity index (χ3n) is 2.87. The molecule has 7 nitrogen and oxygen atoms in total. The zero-order chi connectivity index (χ0) is 13.4. The fraction of sp³-hybridized carbons (Fsp3) is 0.900. The van der Waals surface area contributed by atoms with E-state index in [2.05, 4.69) is 15.7 Å². The summed E-state index contributed by atoms with van der Waals surface area (Å²) in [6.45, 7) is 1.59. The van der Waals surface area contributed by atoms with Gasteiger partial charge in [0.05, 0.1) is 17.5 Å². The van der Waals surface area contributed by atoms with Crippen LogP contribution in [0.5, 0.6) is 0 Å². The fourth-order valence-corrected chi connectivity index (χ4v) is 3.56. The van der Waals surface area contributed by atoms with Crippen LogP contribution in [0.2, 0.25) is 0 Å². The van der Waals surface area contributed by atoms with Crippen LogP contribution >= 0.6 is 0 Å². The van der Waals surface area contributed by atoms with E-state index in [4.69, 9.17) is 10.6 Å². The highest BCUT2D eigenvalue weighted by molar-refractivity contribution is 7.92. The van der Waals surface area contributed by atoms with Crippen LogP contribution in [0, 0.1) is 0 Å². The standard InChI is InChI=1S/C10H22N4O3S/c1-17-6-3-5-12-10(14-11)13-8-9-4-2-7-18(9,15)16/h9H,2-8,11H2,1H3,(H2,12,13,14). The van der Waals surface area contributed by atoms with Crippen molar-refractivity contribution in [2.45, 2.75) is 24.5 Å². The van der Waals surface area contributed by atoms with Gasteiger partial charge in [-0.15, -0.1) is 0 Å². The normalized spacial score (nSPS) is 23.0. The number of aliphatic imine (C=N–C) groups is 1. The van der Waals surface area contributed by atoms with Gasteiger partial charge < -0.3 is 10.1 Å². The van der Waals surface area contributed by atoms with Gasteiger partial charge in [0.15, 0.2) is 9.84 Å². The molecule has 0 aromatic carbocycles. The van der Waals surface area contributed by atoms with Crippen molar-refractivity contribution < 1.29 is 13.2 Å². The fourth-order valence-electron chi connectivity index (χ4n) is 1.83. The highest BCUT2D eigenvalue weighted by Gasteiger charge is 2.30. The number of sulfone groups is 1. The molecule has 1 rings (SSSR count). The van der Waals surface area contributed by atoms with Crippen LogP contribution in [0.15, 0.2) is 4.99 Å². The number of methoxy groups -OCH3 is 1. The predicted octanol–water partition coefficient (Wildman–Crippen LogP) is -0.991. The van der Waals surface area contributed by atoms with Crippen molar-refractivity contribution in [1.29, 1.82) is 0 Å². The summed E-state index contributed by atoms with van der Waals surface area (Å²) in [5.41, 5.74) is 2.43. The average Bonchev–Trinajstić information content (AvgIpc) is 2.68. The minimum atomic E-state index is -2.94. The highest BCUT2D eigenvalue weighted by Crippen LogP contribution is 2.19. The molecule has 18 heavy (non-hydrogen) atoms. The number of nitrogens with one attached hydrogen (secondary N) is 2. The Morgan fingerprint density at radius 3 is 2.89 bits per heavy atom. The van der Waals surface area contributed by atoms with Crippen LogP contribution in [-0.4, -0.2) is 52.2 Å². The van der Waals surface area contributed by atoms with E-state index in [9.17, 15) is 8.42 Å². The van der Waals surface area contributed by atoms with Crippen LogP contribution in [0.4, 0.5) is 0 Å². The molecule has 1 atom stereocenters. The molecule has 0 aromatic rings. The topological polar surface area (TPSA) is 106 Å². The summed E-state index contributed by atoms with van der Waals surface area (Å²) in [5.74, 6) is 6.02. The summed E-state index contributed by atoms with van der Waals surface area (Å²) >= 11 is 0. The maximum atomic E-state index is 11.6. The first-order chi connectivity index (χ1) is 8.60. The van der Waals surface area contributed by atoms with E-state index in [1.807, 2.05) is 0 Å². The van der Waals surface area contributed by atoms with Crippen LogP contribution < -0.4 is 16.6 Å². The molecule has 0 radical (unpaired) electrons. The molecule has 0 amide bonds. The maximum Gasteiger partial charge on any atom is 0.205 e. The van der Waals surface area contributed by atoms with Crippen molar-refractivity contribution in [1.82, 2.24) is 10.7 Å².